The first-order chi connectivity index (χ1) is 13.9. The number of amides is 2. The van der Waals surface area contributed by atoms with Crippen molar-refractivity contribution in [1.29, 1.82) is 0 Å². The number of nitrogens with one attached hydrogen (secondary N) is 2. The quantitative estimate of drug-likeness (QED) is 0.274. The van der Waals surface area contributed by atoms with E-state index in [1.54, 1.807) is 12.2 Å². The summed E-state index contributed by atoms with van der Waals surface area (Å²) < 4.78 is 0. The van der Waals surface area contributed by atoms with Gasteiger partial charge in [-0.25, -0.2) is 0 Å². The lowest BCUT2D eigenvalue weighted by Gasteiger charge is -2.27. The summed E-state index contributed by atoms with van der Waals surface area (Å²) in [4.78, 5) is 26.3. The van der Waals surface area contributed by atoms with E-state index in [9.17, 15) is 9.59 Å². The minimum atomic E-state index is -0.0281. The summed E-state index contributed by atoms with van der Waals surface area (Å²) in [6.07, 6.45) is 16.2. The predicted octanol–water partition coefficient (Wildman–Crippen LogP) is 4.59. The Morgan fingerprint density at radius 1 is 0.759 bits per heavy atom. The van der Waals surface area contributed by atoms with Gasteiger partial charge in [0.05, 0.1) is 0 Å². The van der Waals surface area contributed by atoms with Crippen LogP contribution in [0.4, 0.5) is 0 Å². The SMILES string of the molecule is CCCCC/C=C/C(=O)NC(C)CN(CC)CC(C)NC(=O)/C=C/CCCCC. The van der Waals surface area contributed by atoms with Crippen LogP contribution in [-0.2, 0) is 9.59 Å². The molecule has 0 radical (unpaired) electrons. The van der Waals surface area contributed by atoms with Crippen LogP contribution in [0.5, 0.6) is 0 Å². The van der Waals surface area contributed by atoms with Crippen LogP contribution in [0.1, 0.15) is 86.0 Å². The van der Waals surface area contributed by atoms with Crippen LogP contribution in [0.25, 0.3) is 0 Å². The molecule has 0 aliphatic rings. The van der Waals surface area contributed by atoms with Gasteiger partial charge in [0, 0.05) is 25.2 Å². The summed E-state index contributed by atoms with van der Waals surface area (Å²) in [5.41, 5.74) is 0. The van der Waals surface area contributed by atoms with E-state index in [1.165, 1.54) is 25.7 Å². The average molecular weight is 408 g/mol. The fraction of sp³-hybridized carbons (Fsp3) is 0.750. The zero-order valence-electron chi connectivity index (χ0n) is 19.5. The second-order valence-electron chi connectivity index (χ2n) is 7.97. The highest BCUT2D eigenvalue weighted by Gasteiger charge is 2.14. The highest BCUT2D eigenvalue weighted by Crippen LogP contribution is 2.01. The summed E-state index contributed by atoms with van der Waals surface area (Å²) in [6, 6.07) is 0.119. The van der Waals surface area contributed by atoms with Gasteiger partial charge in [0.2, 0.25) is 11.8 Å². The molecule has 0 rings (SSSR count). The number of carbonyl (C=O) groups is 2. The third-order valence-corrected chi connectivity index (χ3v) is 4.78. The first-order valence-electron chi connectivity index (χ1n) is 11.6. The second-order valence-corrected chi connectivity index (χ2v) is 7.97. The molecule has 5 heteroatoms. The summed E-state index contributed by atoms with van der Waals surface area (Å²) in [7, 11) is 0. The van der Waals surface area contributed by atoms with E-state index in [0.717, 1.165) is 45.3 Å². The Balaban J connectivity index is 4.19. The minimum Gasteiger partial charge on any atom is -0.349 e. The first kappa shape index (κ1) is 27.4. The average Bonchev–Trinajstić information content (AvgIpc) is 2.66. The number of hydrogen-bond acceptors (Lipinski definition) is 3. The molecular formula is C24H45N3O2. The number of nitrogens with zero attached hydrogens (tertiary/aromatic N) is 1. The van der Waals surface area contributed by atoms with Crippen molar-refractivity contribution in [2.45, 2.75) is 98.1 Å². The van der Waals surface area contributed by atoms with E-state index < -0.39 is 0 Å². The molecule has 0 fully saturated rings. The van der Waals surface area contributed by atoms with Gasteiger partial charge < -0.3 is 10.6 Å². The van der Waals surface area contributed by atoms with Crippen LogP contribution in [0.2, 0.25) is 0 Å². The van der Waals surface area contributed by atoms with E-state index in [-0.39, 0.29) is 23.9 Å². The molecule has 29 heavy (non-hydrogen) atoms. The Kier molecular flexibility index (Phi) is 17.4. The second kappa shape index (κ2) is 18.4. The zero-order chi connectivity index (χ0) is 21.9. The molecule has 0 aliphatic carbocycles. The fourth-order valence-corrected chi connectivity index (χ4v) is 3.19. The molecule has 2 atom stereocenters. The van der Waals surface area contributed by atoms with Gasteiger partial charge in [0.15, 0.2) is 0 Å². The predicted molar refractivity (Wildman–Crippen MR) is 124 cm³/mol. The Morgan fingerprint density at radius 3 is 1.52 bits per heavy atom. The summed E-state index contributed by atoms with van der Waals surface area (Å²) in [5.74, 6) is -0.0563. The third kappa shape index (κ3) is 17.0. The summed E-state index contributed by atoms with van der Waals surface area (Å²) in [5, 5.41) is 6.06. The largest absolute Gasteiger partial charge is 0.349 e. The summed E-state index contributed by atoms with van der Waals surface area (Å²) in [6.45, 7) is 12.9. The Morgan fingerprint density at radius 2 is 1.17 bits per heavy atom. The van der Waals surface area contributed by atoms with Crippen molar-refractivity contribution in [2.75, 3.05) is 19.6 Å². The highest BCUT2D eigenvalue weighted by molar-refractivity contribution is 5.88. The fourth-order valence-electron chi connectivity index (χ4n) is 3.19. The molecule has 2 N–H and O–H groups in total. The molecule has 0 saturated carbocycles. The first-order valence-corrected chi connectivity index (χ1v) is 11.6. The van der Waals surface area contributed by atoms with Gasteiger partial charge in [-0.05, 0) is 58.2 Å². The van der Waals surface area contributed by atoms with Crippen LogP contribution in [0.3, 0.4) is 0 Å². The maximum Gasteiger partial charge on any atom is 0.243 e. The van der Waals surface area contributed by atoms with Crippen molar-refractivity contribution in [1.82, 2.24) is 15.5 Å². The molecule has 0 aromatic carbocycles. The smallest absolute Gasteiger partial charge is 0.243 e. The molecule has 0 aromatic heterocycles. The third-order valence-electron chi connectivity index (χ3n) is 4.78. The van der Waals surface area contributed by atoms with E-state index in [2.05, 4.69) is 36.3 Å². The van der Waals surface area contributed by atoms with Gasteiger partial charge in [-0.15, -0.1) is 0 Å². The lowest BCUT2D eigenvalue weighted by molar-refractivity contribution is -0.117. The van der Waals surface area contributed by atoms with Crippen molar-refractivity contribution in [3.63, 3.8) is 0 Å². The highest BCUT2D eigenvalue weighted by atomic mass is 16.2. The summed E-state index contributed by atoms with van der Waals surface area (Å²) >= 11 is 0. The van der Waals surface area contributed by atoms with Crippen LogP contribution in [0, 0.1) is 0 Å². The van der Waals surface area contributed by atoms with E-state index >= 15 is 0 Å². The van der Waals surface area contributed by atoms with Crippen molar-refractivity contribution < 1.29 is 9.59 Å². The Bertz CT molecular complexity index is 447. The molecule has 0 bridgehead atoms. The van der Waals surface area contributed by atoms with Crippen LogP contribution < -0.4 is 10.6 Å². The van der Waals surface area contributed by atoms with Gasteiger partial charge in [-0.1, -0.05) is 58.6 Å². The molecule has 0 spiro atoms. The van der Waals surface area contributed by atoms with E-state index in [4.69, 9.17) is 0 Å². The number of unbranched alkanes of at least 4 members (excludes halogenated alkanes) is 6. The maximum absolute atomic E-state index is 12.0. The maximum atomic E-state index is 12.0. The van der Waals surface area contributed by atoms with Gasteiger partial charge in [0.1, 0.15) is 0 Å². The normalized spacial score (nSPS) is 13.9. The molecule has 0 heterocycles. The molecule has 0 aromatic rings. The van der Waals surface area contributed by atoms with Crippen molar-refractivity contribution in [3.05, 3.63) is 24.3 Å². The molecule has 168 valence electrons. The van der Waals surface area contributed by atoms with Crippen molar-refractivity contribution >= 4 is 11.8 Å². The molecule has 2 amide bonds. The van der Waals surface area contributed by atoms with Gasteiger partial charge in [0.25, 0.3) is 0 Å². The van der Waals surface area contributed by atoms with Gasteiger partial charge in [-0.2, -0.15) is 0 Å². The van der Waals surface area contributed by atoms with E-state index in [1.807, 2.05) is 26.0 Å². The van der Waals surface area contributed by atoms with Gasteiger partial charge >= 0.3 is 0 Å². The number of rotatable bonds is 17. The molecule has 0 saturated heterocycles. The van der Waals surface area contributed by atoms with E-state index in [0.29, 0.717) is 0 Å². The monoisotopic (exact) mass is 407 g/mol. The molecular weight excluding hydrogens is 362 g/mol. The lowest BCUT2D eigenvalue weighted by atomic mass is 10.2. The number of likely N-dealkylation sites (N-methyl/N-ethyl adjacent to an activating group) is 1. The van der Waals surface area contributed by atoms with Crippen LogP contribution in [-0.4, -0.2) is 48.4 Å². The zero-order valence-corrected chi connectivity index (χ0v) is 19.5. The lowest BCUT2D eigenvalue weighted by Crippen LogP contribution is -2.46. The standard InChI is InChI=1S/C24H45N3O2/c1-6-9-11-13-15-17-23(28)25-21(4)19-27(8-3)20-22(5)26-24(29)18-16-14-12-10-7-2/h15-18,21-22H,6-14,19-20H2,1-5H3,(H,25,28)(H,26,29)/b17-15+,18-16+. The Labute approximate surface area is 179 Å². The molecule has 5 nitrogen and oxygen atoms in total. The van der Waals surface area contributed by atoms with Crippen molar-refractivity contribution in [2.24, 2.45) is 0 Å². The molecule has 2 unspecified atom stereocenters. The van der Waals surface area contributed by atoms with Crippen LogP contribution >= 0.6 is 0 Å². The number of carbonyl (C=O) groups excluding carboxylic acids is 2. The van der Waals surface area contributed by atoms with Gasteiger partial charge in [-0.3, -0.25) is 14.5 Å². The minimum absolute atomic E-state index is 0.0281. The Hall–Kier alpha value is -1.62. The van der Waals surface area contributed by atoms with Crippen LogP contribution in [0.15, 0.2) is 24.3 Å². The topological polar surface area (TPSA) is 61.4 Å². The molecule has 0 aliphatic heterocycles. The number of hydrogen-bond donors (Lipinski definition) is 2. The number of allylic oxidation sites excluding steroid dienone is 2. The van der Waals surface area contributed by atoms with Crippen molar-refractivity contribution in [3.8, 4) is 0 Å².